The molecule has 0 aromatic heterocycles. The van der Waals surface area contributed by atoms with E-state index in [2.05, 4.69) is 5.32 Å². The van der Waals surface area contributed by atoms with Crippen molar-refractivity contribution >= 4 is 0 Å². The lowest BCUT2D eigenvalue weighted by atomic mass is 9.90. The van der Waals surface area contributed by atoms with Gasteiger partial charge in [0.25, 0.3) is 0 Å². The molecule has 1 aromatic carbocycles. The fraction of sp³-hybridized carbons (Fsp3) is 0.538. The van der Waals surface area contributed by atoms with Crippen molar-refractivity contribution in [1.82, 2.24) is 5.32 Å². The van der Waals surface area contributed by atoms with Gasteiger partial charge in [-0.05, 0) is 31.0 Å². The SMILES string of the molecule is COc1ccccc1CC1CNCCC1F. The van der Waals surface area contributed by atoms with Crippen LogP contribution in [0, 0.1) is 5.92 Å². The quantitative estimate of drug-likeness (QED) is 0.848. The minimum atomic E-state index is -0.689. The zero-order valence-corrected chi connectivity index (χ0v) is 9.58. The van der Waals surface area contributed by atoms with Crippen LogP contribution >= 0.6 is 0 Å². The maximum atomic E-state index is 13.7. The van der Waals surface area contributed by atoms with Gasteiger partial charge in [-0.1, -0.05) is 18.2 Å². The van der Waals surface area contributed by atoms with Crippen molar-refractivity contribution in [2.75, 3.05) is 20.2 Å². The number of piperidine rings is 1. The molecule has 1 heterocycles. The number of hydrogen-bond donors (Lipinski definition) is 1. The van der Waals surface area contributed by atoms with Crippen molar-refractivity contribution in [3.05, 3.63) is 29.8 Å². The Bertz CT molecular complexity index is 342. The molecule has 1 aliphatic heterocycles. The monoisotopic (exact) mass is 223 g/mol. The largest absolute Gasteiger partial charge is 0.496 e. The first-order valence-corrected chi connectivity index (χ1v) is 5.78. The average Bonchev–Trinajstić information content (AvgIpc) is 2.33. The Morgan fingerprint density at radius 2 is 2.25 bits per heavy atom. The number of halogens is 1. The third-order valence-corrected chi connectivity index (χ3v) is 3.19. The van der Waals surface area contributed by atoms with Crippen molar-refractivity contribution in [3.63, 3.8) is 0 Å². The molecule has 0 spiro atoms. The van der Waals surface area contributed by atoms with Crippen molar-refractivity contribution in [2.45, 2.75) is 19.0 Å². The van der Waals surface area contributed by atoms with Crippen LogP contribution in [0.4, 0.5) is 4.39 Å². The molecule has 0 radical (unpaired) electrons. The molecule has 0 amide bonds. The van der Waals surface area contributed by atoms with E-state index in [-0.39, 0.29) is 5.92 Å². The molecule has 88 valence electrons. The summed E-state index contributed by atoms with van der Waals surface area (Å²) in [6.45, 7) is 1.56. The second-order valence-corrected chi connectivity index (χ2v) is 4.28. The number of hydrogen-bond acceptors (Lipinski definition) is 2. The van der Waals surface area contributed by atoms with Gasteiger partial charge in [-0.3, -0.25) is 0 Å². The number of ether oxygens (including phenoxy) is 1. The molecule has 0 saturated carbocycles. The highest BCUT2D eigenvalue weighted by atomic mass is 19.1. The van der Waals surface area contributed by atoms with Crippen molar-refractivity contribution in [2.24, 2.45) is 5.92 Å². The van der Waals surface area contributed by atoms with Gasteiger partial charge in [0.2, 0.25) is 0 Å². The highest BCUT2D eigenvalue weighted by Gasteiger charge is 2.25. The van der Waals surface area contributed by atoms with Gasteiger partial charge in [0.1, 0.15) is 11.9 Å². The topological polar surface area (TPSA) is 21.3 Å². The minimum absolute atomic E-state index is 0.0741. The summed E-state index contributed by atoms with van der Waals surface area (Å²) in [6, 6.07) is 7.86. The van der Waals surface area contributed by atoms with Gasteiger partial charge in [-0.2, -0.15) is 0 Å². The van der Waals surface area contributed by atoms with Crippen molar-refractivity contribution in [3.8, 4) is 5.75 Å². The summed E-state index contributed by atoms with van der Waals surface area (Å²) in [5.41, 5.74) is 1.10. The molecule has 1 saturated heterocycles. The number of nitrogens with one attached hydrogen (secondary N) is 1. The molecule has 0 bridgehead atoms. The molecule has 1 aromatic rings. The van der Waals surface area contributed by atoms with Crippen LogP contribution in [-0.4, -0.2) is 26.4 Å². The molecule has 2 unspecified atom stereocenters. The zero-order chi connectivity index (χ0) is 11.4. The maximum Gasteiger partial charge on any atom is 0.122 e. The van der Waals surface area contributed by atoms with E-state index in [1.54, 1.807) is 7.11 Å². The molecule has 3 heteroatoms. The van der Waals surface area contributed by atoms with E-state index in [0.29, 0.717) is 6.42 Å². The molecular weight excluding hydrogens is 205 g/mol. The lowest BCUT2D eigenvalue weighted by Crippen LogP contribution is -2.38. The second-order valence-electron chi connectivity index (χ2n) is 4.28. The molecule has 2 rings (SSSR count). The molecule has 0 aliphatic carbocycles. The van der Waals surface area contributed by atoms with E-state index in [0.717, 1.165) is 30.8 Å². The van der Waals surface area contributed by atoms with E-state index in [1.165, 1.54) is 0 Å². The van der Waals surface area contributed by atoms with E-state index < -0.39 is 6.17 Å². The first-order valence-electron chi connectivity index (χ1n) is 5.78. The van der Waals surface area contributed by atoms with Crippen LogP contribution in [0.5, 0.6) is 5.75 Å². The predicted molar refractivity (Wildman–Crippen MR) is 62.6 cm³/mol. The summed E-state index contributed by atoms with van der Waals surface area (Å²) >= 11 is 0. The lowest BCUT2D eigenvalue weighted by molar-refractivity contribution is 0.177. The van der Waals surface area contributed by atoms with Gasteiger partial charge in [0.15, 0.2) is 0 Å². The van der Waals surface area contributed by atoms with Gasteiger partial charge in [0.05, 0.1) is 7.11 Å². The highest BCUT2D eigenvalue weighted by Crippen LogP contribution is 2.25. The van der Waals surface area contributed by atoms with E-state index >= 15 is 0 Å². The van der Waals surface area contributed by atoms with Crippen LogP contribution in [0.15, 0.2) is 24.3 Å². The normalized spacial score (nSPS) is 25.4. The van der Waals surface area contributed by atoms with Crippen molar-refractivity contribution in [1.29, 1.82) is 0 Å². The fourth-order valence-corrected chi connectivity index (χ4v) is 2.25. The van der Waals surface area contributed by atoms with Crippen LogP contribution in [0.25, 0.3) is 0 Å². The van der Waals surface area contributed by atoms with Gasteiger partial charge in [0, 0.05) is 12.5 Å². The van der Waals surface area contributed by atoms with E-state index in [1.807, 2.05) is 24.3 Å². The summed E-state index contributed by atoms with van der Waals surface area (Å²) in [5.74, 6) is 0.935. The van der Waals surface area contributed by atoms with Gasteiger partial charge in [-0.25, -0.2) is 4.39 Å². The molecule has 1 fully saturated rings. The smallest absolute Gasteiger partial charge is 0.122 e. The minimum Gasteiger partial charge on any atom is -0.496 e. The Hall–Kier alpha value is -1.09. The predicted octanol–water partition coefficient (Wildman–Crippen LogP) is 2.19. The standard InChI is InChI=1S/C13H18FNO/c1-16-13-5-3-2-4-10(13)8-11-9-15-7-6-12(11)14/h2-5,11-12,15H,6-9H2,1H3. The third-order valence-electron chi connectivity index (χ3n) is 3.19. The number of methoxy groups -OCH3 is 1. The summed E-state index contributed by atoms with van der Waals surface area (Å²) in [5, 5.41) is 3.24. The summed E-state index contributed by atoms with van der Waals surface area (Å²) < 4.78 is 19.0. The first-order chi connectivity index (χ1) is 7.81. The summed E-state index contributed by atoms with van der Waals surface area (Å²) in [4.78, 5) is 0. The molecule has 1 N–H and O–H groups in total. The van der Waals surface area contributed by atoms with Crippen molar-refractivity contribution < 1.29 is 9.13 Å². The summed E-state index contributed by atoms with van der Waals surface area (Å²) in [7, 11) is 1.66. The number of rotatable bonds is 3. The van der Waals surface area contributed by atoms with Crippen LogP contribution in [0.1, 0.15) is 12.0 Å². The molecule has 2 atom stereocenters. The fourth-order valence-electron chi connectivity index (χ4n) is 2.25. The summed E-state index contributed by atoms with van der Waals surface area (Å²) in [6.07, 6.45) is 0.684. The van der Waals surface area contributed by atoms with Crippen LogP contribution in [0.3, 0.4) is 0 Å². The third kappa shape index (κ3) is 2.53. The van der Waals surface area contributed by atoms with Crippen LogP contribution in [0.2, 0.25) is 0 Å². The van der Waals surface area contributed by atoms with Crippen LogP contribution in [-0.2, 0) is 6.42 Å². The number of alkyl halides is 1. The number of para-hydroxylation sites is 1. The lowest BCUT2D eigenvalue weighted by Gasteiger charge is -2.27. The first kappa shape index (κ1) is 11.4. The Morgan fingerprint density at radius 3 is 3.00 bits per heavy atom. The van der Waals surface area contributed by atoms with E-state index in [4.69, 9.17) is 4.74 Å². The van der Waals surface area contributed by atoms with Gasteiger partial charge < -0.3 is 10.1 Å². The zero-order valence-electron chi connectivity index (χ0n) is 9.58. The molecular formula is C13H18FNO. The Balaban J connectivity index is 2.07. The van der Waals surface area contributed by atoms with E-state index in [9.17, 15) is 4.39 Å². The Kier molecular flexibility index (Phi) is 3.78. The van der Waals surface area contributed by atoms with Crippen LogP contribution < -0.4 is 10.1 Å². The molecule has 2 nitrogen and oxygen atoms in total. The average molecular weight is 223 g/mol. The second kappa shape index (κ2) is 5.30. The highest BCUT2D eigenvalue weighted by molar-refractivity contribution is 5.33. The van der Waals surface area contributed by atoms with Gasteiger partial charge >= 0.3 is 0 Å². The van der Waals surface area contributed by atoms with Gasteiger partial charge in [-0.15, -0.1) is 0 Å². The number of benzene rings is 1. The Morgan fingerprint density at radius 1 is 1.44 bits per heavy atom. The maximum absolute atomic E-state index is 13.7. The Labute approximate surface area is 95.8 Å². The molecule has 1 aliphatic rings. The molecule has 16 heavy (non-hydrogen) atoms.